The number of hydrogen-bond acceptors (Lipinski definition) is 4. The number of carbonyl (C=O) groups excluding carboxylic acids is 1. The monoisotopic (exact) mass is 429 g/mol. The van der Waals surface area contributed by atoms with Crippen molar-refractivity contribution in [3.05, 3.63) is 73.6 Å². The molecule has 0 saturated carbocycles. The Morgan fingerprint density at radius 1 is 1.30 bits per heavy atom. The lowest BCUT2D eigenvalue weighted by Gasteiger charge is -2.07. The van der Waals surface area contributed by atoms with E-state index in [4.69, 9.17) is 17.3 Å². The summed E-state index contributed by atoms with van der Waals surface area (Å²) in [5.74, 6) is -1.17. The van der Waals surface area contributed by atoms with Crippen LogP contribution in [0, 0.1) is 5.82 Å². The first-order chi connectivity index (χ1) is 14.3. The molecule has 0 saturated heterocycles. The summed E-state index contributed by atoms with van der Waals surface area (Å²) in [5.41, 5.74) is 5.53. The van der Waals surface area contributed by atoms with Gasteiger partial charge < -0.3 is 5.73 Å². The molecule has 0 bridgehead atoms. The lowest BCUT2D eigenvalue weighted by molar-refractivity contribution is -0.117. The number of rotatable bonds is 5. The average molecular weight is 430 g/mol. The van der Waals surface area contributed by atoms with E-state index < -0.39 is 23.0 Å². The molecular formula is C20H17ClFN5O3. The van der Waals surface area contributed by atoms with Crippen molar-refractivity contribution in [2.24, 2.45) is 22.8 Å². The van der Waals surface area contributed by atoms with Gasteiger partial charge in [-0.3, -0.25) is 24.1 Å². The van der Waals surface area contributed by atoms with Gasteiger partial charge in [0.05, 0.1) is 23.0 Å². The molecule has 0 atom stereocenters. The first-order valence-corrected chi connectivity index (χ1v) is 9.18. The third-order valence-corrected chi connectivity index (χ3v) is 4.53. The number of nitrogens with two attached hydrogens (primary N) is 1. The van der Waals surface area contributed by atoms with Gasteiger partial charge in [0.15, 0.2) is 0 Å². The van der Waals surface area contributed by atoms with Crippen LogP contribution in [0.1, 0.15) is 12.0 Å². The fraction of sp³-hybridized carbons (Fsp3) is 0.150. The van der Waals surface area contributed by atoms with Crippen LogP contribution in [0.25, 0.3) is 10.9 Å². The van der Waals surface area contributed by atoms with Crippen LogP contribution in [0.4, 0.5) is 10.1 Å². The molecule has 0 unspecified atom stereocenters. The standard InChI is InChI=1S/C20H17ClFN5O3/c1-27-15-4-2-3-11(18(15)19(29)26-20(27)30)9-17(28)25-16(23)7-8-24-14-6-5-12(21)10-13(14)22/h2-6,8,10H,7,9H2,1H3,(H2,23,25,28)(H,26,29,30). The van der Waals surface area contributed by atoms with E-state index >= 15 is 0 Å². The minimum Gasteiger partial charge on any atom is -0.387 e. The normalized spacial score (nSPS) is 12.0. The van der Waals surface area contributed by atoms with Crippen molar-refractivity contribution in [2.75, 3.05) is 0 Å². The number of halogens is 2. The highest BCUT2D eigenvalue weighted by Crippen LogP contribution is 2.21. The van der Waals surface area contributed by atoms with Gasteiger partial charge in [0.2, 0.25) is 0 Å². The molecule has 0 aliphatic rings. The van der Waals surface area contributed by atoms with Gasteiger partial charge in [-0.25, -0.2) is 14.2 Å². The lowest BCUT2D eigenvalue weighted by atomic mass is 10.1. The van der Waals surface area contributed by atoms with Crippen LogP contribution in [0.2, 0.25) is 5.02 Å². The maximum atomic E-state index is 13.7. The summed E-state index contributed by atoms with van der Waals surface area (Å²) in [6.07, 6.45) is 1.18. The van der Waals surface area contributed by atoms with Crippen LogP contribution in [0.5, 0.6) is 0 Å². The Labute approximate surface area is 174 Å². The van der Waals surface area contributed by atoms with Crippen LogP contribution in [-0.2, 0) is 18.3 Å². The summed E-state index contributed by atoms with van der Waals surface area (Å²) in [7, 11) is 1.52. The van der Waals surface area contributed by atoms with E-state index in [0.29, 0.717) is 11.1 Å². The molecule has 30 heavy (non-hydrogen) atoms. The number of aryl methyl sites for hydroxylation is 1. The third kappa shape index (κ3) is 4.69. The zero-order valence-electron chi connectivity index (χ0n) is 15.9. The van der Waals surface area contributed by atoms with E-state index in [1.807, 2.05) is 0 Å². The molecule has 3 aromatic rings. The van der Waals surface area contributed by atoms with Crippen molar-refractivity contribution in [3.8, 4) is 0 Å². The Hall–Kier alpha value is -3.59. The highest BCUT2D eigenvalue weighted by Gasteiger charge is 2.12. The number of hydrogen-bond donors (Lipinski definition) is 2. The minimum atomic E-state index is -0.582. The second-order valence-corrected chi connectivity index (χ2v) is 6.85. The fourth-order valence-corrected chi connectivity index (χ4v) is 3.02. The number of H-pyrrole nitrogens is 1. The van der Waals surface area contributed by atoms with Gasteiger partial charge in [0.1, 0.15) is 11.7 Å². The van der Waals surface area contributed by atoms with Crippen molar-refractivity contribution >= 4 is 46.1 Å². The fourth-order valence-electron chi connectivity index (χ4n) is 2.86. The van der Waals surface area contributed by atoms with Crippen LogP contribution in [0.15, 0.2) is 56.0 Å². The number of nitrogens with one attached hydrogen (secondary N) is 1. The summed E-state index contributed by atoms with van der Waals surface area (Å²) >= 11 is 5.68. The van der Waals surface area contributed by atoms with Crippen molar-refractivity contribution in [1.29, 1.82) is 0 Å². The Kier molecular flexibility index (Phi) is 6.22. The topological polar surface area (TPSA) is 123 Å². The molecule has 3 rings (SSSR count). The van der Waals surface area contributed by atoms with Gasteiger partial charge >= 0.3 is 5.69 Å². The van der Waals surface area contributed by atoms with Gasteiger partial charge in [-0.15, -0.1) is 0 Å². The Balaban J connectivity index is 1.75. The number of aliphatic imine (C=N–C) groups is 2. The molecule has 1 aromatic heterocycles. The smallest absolute Gasteiger partial charge is 0.328 e. The van der Waals surface area contributed by atoms with Crippen molar-refractivity contribution in [2.45, 2.75) is 12.8 Å². The van der Waals surface area contributed by atoms with Crippen LogP contribution in [-0.4, -0.2) is 27.5 Å². The first-order valence-electron chi connectivity index (χ1n) is 8.80. The van der Waals surface area contributed by atoms with E-state index in [1.54, 1.807) is 18.2 Å². The summed E-state index contributed by atoms with van der Waals surface area (Å²) in [6.45, 7) is 0. The number of benzene rings is 2. The summed E-state index contributed by atoms with van der Waals surface area (Å²) in [6, 6.07) is 8.92. The zero-order chi connectivity index (χ0) is 21.8. The second-order valence-electron chi connectivity index (χ2n) is 6.41. The minimum absolute atomic E-state index is 0.0142. The number of aromatic amines is 1. The Bertz CT molecular complexity index is 1310. The lowest BCUT2D eigenvalue weighted by Crippen LogP contribution is -2.29. The number of aromatic nitrogens is 2. The van der Waals surface area contributed by atoms with Gasteiger partial charge in [-0.05, 0) is 29.8 Å². The van der Waals surface area contributed by atoms with Crippen LogP contribution < -0.4 is 17.0 Å². The average Bonchev–Trinajstić information content (AvgIpc) is 2.67. The maximum absolute atomic E-state index is 13.7. The van der Waals surface area contributed by atoms with E-state index in [-0.39, 0.29) is 34.8 Å². The number of carbonyl (C=O) groups is 1. The third-order valence-electron chi connectivity index (χ3n) is 4.29. The van der Waals surface area contributed by atoms with Gasteiger partial charge in [0.25, 0.3) is 11.5 Å². The predicted octanol–water partition coefficient (Wildman–Crippen LogP) is 2.24. The largest absolute Gasteiger partial charge is 0.387 e. The number of fused-ring (bicyclic) bond motifs is 1. The molecule has 0 radical (unpaired) electrons. The Morgan fingerprint density at radius 3 is 2.80 bits per heavy atom. The van der Waals surface area contributed by atoms with Gasteiger partial charge in [-0.2, -0.15) is 0 Å². The highest BCUT2D eigenvalue weighted by molar-refractivity contribution is 6.30. The van der Waals surface area contributed by atoms with E-state index in [9.17, 15) is 18.8 Å². The summed E-state index contributed by atoms with van der Waals surface area (Å²) in [5, 5.41) is 0.493. The van der Waals surface area contributed by atoms with Crippen molar-refractivity contribution in [1.82, 2.24) is 9.55 Å². The molecule has 0 fully saturated rings. The van der Waals surface area contributed by atoms with E-state index in [1.165, 1.54) is 30.0 Å². The van der Waals surface area contributed by atoms with Crippen molar-refractivity contribution in [3.63, 3.8) is 0 Å². The van der Waals surface area contributed by atoms with E-state index in [2.05, 4.69) is 15.0 Å². The van der Waals surface area contributed by atoms with Gasteiger partial charge in [0, 0.05) is 24.7 Å². The Morgan fingerprint density at radius 2 is 2.07 bits per heavy atom. The summed E-state index contributed by atoms with van der Waals surface area (Å²) in [4.78, 5) is 46.2. The number of amidine groups is 1. The molecule has 8 nitrogen and oxygen atoms in total. The molecule has 1 amide bonds. The molecule has 0 aliphatic heterocycles. The van der Waals surface area contributed by atoms with Crippen molar-refractivity contribution < 1.29 is 9.18 Å². The van der Waals surface area contributed by atoms with Gasteiger partial charge in [-0.1, -0.05) is 23.7 Å². The van der Waals surface area contributed by atoms with Crippen LogP contribution in [0.3, 0.4) is 0 Å². The molecule has 2 aromatic carbocycles. The quantitative estimate of drug-likeness (QED) is 0.477. The highest BCUT2D eigenvalue weighted by atomic mass is 35.5. The van der Waals surface area contributed by atoms with E-state index in [0.717, 1.165) is 6.07 Å². The SMILES string of the molecule is Cn1c(=O)[nH]c(=O)c2c(CC(=O)N=C(N)CC=Nc3ccc(Cl)cc3F)cccc21. The maximum Gasteiger partial charge on any atom is 0.328 e. The molecular weight excluding hydrogens is 413 g/mol. The summed E-state index contributed by atoms with van der Waals surface area (Å²) < 4.78 is 15.0. The molecule has 1 heterocycles. The predicted molar refractivity (Wildman–Crippen MR) is 114 cm³/mol. The second kappa shape index (κ2) is 8.83. The van der Waals surface area contributed by atoms with Crippen LogP contribution >= 0.6 is 11.6 Å². The zero-order valence-corrected chi connectivity index (χ0v) is 16.6. The molecule has 3 N–H and O–H groups in total. The number of amides is 1. The molecule has 0 aliphatic carbocycles. The number of nitrogens with zero attached hydrogens (tertiary/aromatic N) is 3. The molecule has 10 heteroatoms. The molecule has 154 valence electrons. The first kappa shape index (κ1) is 21.1. The molecule has 0 spiro atoms.